The summed E-state index contributed by atoms with van der Waals surface area (Å²) < 4.78 is 19.1. The van der Waals surface area contributed by atoms with Crippen LogP contribution in [0.5, 0.6) is 11.6 Å². The van der Waals surface area contributed by atoms with Gasteiger partial charge in [0.1, 0.15) is 0 Å². The van der Waals surface area contributed by atoms with Crippen LogP contribution in [0, 0.1) is 12.7 Å². The summed E-state index contributed by atoms with van der Waals surface area (Å²) in [5.41, 5.74) is 2.05. The van der Waals surface area contributed by atoms with E-state index < -0.39 is 0 Å². The van der Waals surface area contributed by atoms with Crippen LogP contribution in [0.4, 0.5) is 4.39 Å². The molecule has 0 bridgehead atoms. The second kappa shape index (κ2) is 6.22. The molecule has 0 saturated carbocycles. The summed E-state index contributed by atoms with van der Waals surface area (Å²) in [4.78, 5) is 4.22. The lowest BCUT2D eigenvalue weighted by Gasteiger charge is -2.20. The molecule has 1 aromatic carbocycles. The Hall–Kier alpha value is -1.94. The zero-order chi connectivity index (χ0) is 15.5. The van der Waals surface area contributed by atoms with E-state index in [4.69, 9.17) is 4.74 Å². The first-order valence-corrected chi connectivity index (χ1v) is 6.97. The molecule has 2 aromatic rings. The normalized spacial score (nSPS) is 11.5. The average Bonchev–Trinajstić information content (AvgIpc) is 2.41. The number of rotatable bonds is 4. The number of hydrogen-bond acceptors (Lipinski definition) is 3. The van der Waals surface area contributed by atoms with E-state index in [1.54, 1.807) is 24.4 Å². The maximum atomic E-state index is 13.6. The third-order valence-electron chi connectivity index (χ3n) is 2.92. The van der Waals surface area contributed by atoms with Crippen LogP contribution in [0.1, 0.15) is 31.9 Å². The molecule has 1 N–H and O–H groups in total. The van der Waals surface area contributed by atoms with Crippen molar-refractivity contribution in [2.75, 3.05) is 0 Å². The van der Waals surface area contributed by atoms with Gasteiger partial charge in [0.2, 0.25) is 5.88 Å². The van der Waals surface area contributed by atoms with Crippen molar-refractivity contribution in [3.8, 4) is 11.6 Å². The average molecular weight is 288 g/mol. The molecule has 0 aliphatic heterocycles. The van der Waals surface area contributed by atoms with Gasteiger partial charge in [-0.3, -0.25) is 0 Å². The molecular weight excluding hydrogens is 267 g/mol. The molecular formula is C17H21FN2O. The topological polar surface area (TPSA) is 34.1 Å². The molecule has 112 valence electrons. The van der Waals surface area contributed by atoms with E-state index in [-0.39, 0.29) is 17.1 Å². The molecule has 0 fully saturated rings. The predicted octanol–water partition coefficient (Wildman–Crippen LogP) is 4.21. The number of nitrogens with one attached hydrogen (secondary N) is 1. The Kier molecular flexibility index (Phi) is 4.58. The van der Waals surface area contributed by atoms with Crippen molar-refractivity contribution in [3.63, 3.8) is 0 Å². The number of nitrogens with zero attached hydrogens (tertiary/aromatic N) is 1. The molecule has 0 radical (unpaired) electrons. The smallest absolute Gasteiger partial charge is 0.219 e. The van der Waals surface area contributed by atoms with Crippen LogP contribution < -0.4 is 10.1 Å². The van der Waals surface area contributed by atoms with Crippen molar-refractivity contribution in [3.05, 3.63) is 53.5 Å². The number of benzene rings is 1. The summed E-state index contributed by atoms with van der Waals surface area (Å²) in [6.45, 7) is 8.95. The number of pyridine rings is 1. The summed E-state index contributed by atoms with van der Waals surface area (Å²) in [5, 5.41) is 3.38. The fourth-order valence-electron chi connectivity index (χ4n) is 1.74. The maximum Gasteiger partial charge on any atom is 0.219 e. The first-order valence-electron chi connectivity index (χ1n) is 6.97. The first kappa shape index (κ1) is 15.4. The van der Waals surface area contributed by atoms with Crippen molar-refractivity contribution < 1.29 is 9.13 Å². The molecule has 1 aromatic heterocycles. The molecule has 0 amide bonds. The van der Waals surface area contributed by atoms with E-state index in [0.717, 1.165) is 17.7 Å². The highest BCUT2D eigenvalue weighted by Gasteiger charge is 2.09. The molecule has 0 unspecified atom stereocenters. The fourth-order valence-corrected chi connectivity index (χ4v) is 1.74. The first-order chi connectivity index (χ1) is 9.83. The molecule has 0 aliphatic carbocycles. The van der Waals surface area contributed by atoms with Crippen LogP contribution in [-0.2, 0) is 6.54 Å². The Balaban J connectivity index is 2.04. The Morgan fingerprint density at radius 3 is 2.57 bits per heavy atom. The van der Waals surface area contributed by atoms with Crippen LogP contribution >= 0.6 is 0 Å². The van der Waals surface area contributed by atoms with Gasteiger partial charge in [-0.05, 0) is 51.0 Å². The SMILES string of the molecule is Cc1ccc(F)c(Oc2ccc(CNC(C)(C)C)cn2)c1. The Bertz CT molecular complexity index is 603. The van der Waals surface area contributed by atoms with Gasteiger partial charge in [0.15, 0.2) is 11.6 Å². The predicted molar refractivity (Wildman–Crippen MR) is 82.0 cm³/mol. The number of hydrogen-bond donors (Lipinski definition) is 1. The minimum atomic E-state index is -0.388. The van der Waals surface area contributed by atoms with Gasteiger partial charge in [-0.15, -0.1) is 0 Å². The molecule has 0 atom stereocenters. The summed E-state index contributed by atoms with van der Waals surface area (Å²) in [6, 6.07) is 8.44. The number of ether oxygens (including phenoxy) is 1. The summed E-state index contributed by atoms with van der Waals surface area (Å²) in [5.74, 6) is 0.197. The van der Waals surface area contributed by atoms with E-state index in [1.165, 1.54) is 6.07 Å². The summed E-state index contributed by atoms with van der Waals surface area (Å²) in [7, 11) is 0. The van der Waals surface area contributed by atoms with Gasteiger partial charge in [-0.1, -0.05) is 12.1 Å². The quantitative estimate of drug-likeness (QED) is 0.915. The third-order valence-corrected chi connectivity index (χ3v) is 2.92. The molecule has 0 aliphatic rings. The zero-order valence-electron chi connectivity index (χ0n) is 12.9. The Morgan fingerprint density at radius 1 is 1.19 bits per heavy atom. The van der Waals surface area contributed by atoms with Gasteiger partial charge in [-0.25, -0.2) is 9.37 Å². The Morgan fingerprint density at radius 2 is 1.95 bits per heavy atom. The van der Waals surface area contributed by atoms with Crippen LogP contribution in [0.25, 0.3) is 0 Å². The van der Waals surface area contributed by atoms with Crippen molar-refractivity contribution in [2.45, 2.75) is 39.8 Å². The van der Waals surface area contributed by atoms with Crippen molar-refractivity contribution in [1.82, 2.24) is 10.3 Å². The molecule has 1 heterocycles. The number of aryl methyl sites for hydroxylation is 1. The van der Waals surface area contributed by atoms with Gasteiger partial charge in [0, 0.05) is 24.3 Å². The lowest BCUT2D eigenvalue weighted by atomic mass is 10.1. The van der Waals surface area contributed by atoms with Gasteiger partial charge < -0.3 is 10.1 Å². The number of halogens is 1. The van der Waals surface area contributed by atoms with E-state index in [9.17, 15) is 4.39 Å². The minimum absolute atomic E-state index is 0.0554. The molecule has 0 spiro atoms. The van der Waals surface area contributed by atoms with Gasteiger partial charge in [-0.2, -0.15) is 0 Å². The van der Waals surface area contributed by atoms with Crippen LogP contribution in [0.3, 0.4) is 0 Å². The monoisotopic (exact) mass is 288 g/mol. The van der Waals surface area contributed by atoms with E-state index in [1.807, 2.05) is 13.0 Å². The summed E-state index contributed by atoms with van der Waals surface area (Å²) in [6.07, 6.45) is 1.74. The highest BCUT2D eigenvalue weighted by molar-refractivity contribution is 5.32. The highest BCUT2D eigenvalue weighted by atomic mass is 19.1. The largest absolute Gasteiger partial charge is 0.436 e. The number of aromatic nitrogens is 1. The van der Waals surface area contributed by atoms with Gasteiger partial charge in [0.05, 0.1) is 0 Å². The van der Waals surface area contributed by atoms with Crippen LogP contribution in [0.2, 0.25) is 0 Å². The summed E-state index contributed by atoms with van der Waals surface area (Å²) >= 11 is 0. The maximum absolute atomic E-state index is 13.6. The molecule has 0 saturated heterocycles. The van der Waals surface area contributed by atoms with E-state index in [2.05, 4.69) is 31.1 Å². The zero-order valence-corrected chi connectivity index (χ0v) is 12.9. The fraction of sp³-hybridized carbons (Fsp3) is 0.353. The van der Waals surface area contributed by atoms with E-state index >= 15 is 0 Å². The van der Waals surface area contributed by atoms with Gasteiger partial charge >= 0.3 is 0 Å². The van der Waals surface area contributed by atoms with Crippen LogP contribution in [0.15, 0.2) is 36.5 Å². The van der Waals surface area contributed by atoms with Gasteiger partial charge in [0.25, 0.3) is 0 Å². The molecule has 3 nitrogen and oxygen atoms in total. The lowest BCUT2D eigenvalue weighted by Crippen LogP contribution is -2.35. The standard InChI is InChI=1S/C17H21FN2O/c1-12-5-7-14(18)15(9-12)21-16-8-6-13(10-19-16)11-20-17(2,3)4/h5-10,20H,11H2,1-4H3. The van der Waals surface area contributed by atoms with Crippen molar-refractivity contribution in [1.29, 1.82) is 0 Å². The second-order valence-corrected chi connectivity index (χ2v) is 6.14. The highest BCUT2D eigenvalue weighted by Crippen LogP contribution is 2.24. The molecule has 21 heavy (non-hydrogen) atoms. The van der Waals surface area contributed by atoms with Crippen LogP contribution in [-0.4, -0.2) is 10.5 Å². The Labute approximate surface area is 125 Å². The second-order valence-electron chi connectivity index (χ2n) is 6.14. The lowest BCUT2D eigenvalue weighted by molar-refractivity contribution is 0.419. The van der Waals surface area contributed by atoms with Crippen molar-refractivity contribution in [2.24, 2.45) is 0 Å². The minimum Gasteiger partial charge on any atom is -0.436 e. The molecule has 2 rings (SSSR count). The third kappa shape index (κ3) is 4.83. The van der Waals surface area contributed by atoms with Crippen molar-refractivity contribution >= 4 is 0 Å². The molecule has 4 heteroatoms. The van der Waals surface area contributed by atoms with E-state index in [0.29, 0.717) is 5.88 Å².